The molecule has 4 rings (SSSR count). The lowest BCUT2D eigenvalue weighted by Gasteiger charge is -2.18. The van der Waals surface area contributed by atoms with Crippen LogP contribution in [0.25, 0.3) is 0 Å². The smallest absolute Gasteiger partial charge is 0.291 e. The third-order valence-electron chi connectivity index (χ3n) is 4.98. The summed E-state index contributed by atoms with van der Waals surface area (Å²) in [6.07, 6.45) is 3.41. The number of hydrogen-bond acceptors (Lipinski definition) is 4. The number of anilines is 1. The third-order valence-corrected chi connectivity index (χ3v) is 4.98. The number of ether oxygens (including phenoxy) is 1. The summed E-state index contributed by atoms with van der Waals surface area (Å²) in [5.74, 6) is 1.09. The highest BCUT2D eigenvalue weighted by Crippen LogP contribution is 2.53. The van der Waals surface area contributed by atoms with Gasteiger partial charge in [-0.15, -0.1) is 0 Å². The van der Waals surface area contributed by atoms with Gasteiger partial charge in [0.1, 0.15) is 17.2 Å². The Morgan fingerprint density at radius 3 is 2.52 bits per heavy atom. The number of amides is 1. The van der Waals surface area contributed by atoms with Crippen molar-refractivity contribution in [3.05, 3.63) is 71.7 Å². The summed E-state index contributed by atoms with van der Waals surface area (Å²) in [5.41, 5.74) is 2.14. The van der Waals surface area contributed by atoms with E-state index in [4.69, 9.17) is 9.15 Å². The van der Waals surface area contributed by atoms with Crippen LogP contribution in [0.1, 0.15) is 41.4 Å². The molecule has 0 unspecified atom stereocenters. The normalized spacial score (nSPS) is 14.6. The number of furan rings is 1. The minimum absolute atomic E-state index is 0.0752. The van der Waals surface area contributed by atoms with Gasteiger partial charge in [0.25, 0.3) is 5.91 Å². The number of phenols is 1. The fourth-order valence-corrected chi connectivity index (χ4v) is 3.01. The van der Waals surface area contributed by atoms with E-state index in [9.17, 15) is 9.90 Å². The van der Waals surface area contributed by atoms with Crippen molar-refractivity contribution in [2.75, 3.05) is 5.32 Å². The van der Waals surface area contributed by atoms with Crippen molar-refractivity contribution in [3.63, 3.8) is 0 Å². The highest BCUT2D eigenvalue weighted by Gasteiger charge is 2.42. The molecule has 3 aromatic rings. The fourth-order valence-electron chi connectivity index (χ4n) is 3.01. The molecule has 0 aliphatic heterocycles. The van der Waals surface area contributed by atoms with Gasteiger partial charge in [0.05, 0.1) is 12.0 Å². The van der Waals surface area contributed by atoms with E-state index >= 15 is 0 Å². The van der Waals surface area contributed by atoms with Crippen LogP contribution in [0.2, 0.25) is 0 Å². The molecule has 1 aliphatic carbocycles. The van der Waals surface area contributed by atoms with E-state index in [-0.39, 0.29) is 16.9 Å². The lowest BCUT2D eigenvalue weighted by Crippen LogP contribution is -2.12. The second-order valence-electron chi connectivity index (χ2n) is 7.27. The molecule has 1 amide bonds. The van der Waals surface area contributed by atoms with Crippen molar-refractivity contribution >= 4 is 11.6 Å². The number of hydrogen-bond donors (Lipinski definition) is 2. The predicted octanol–water partition coefficient (Wildman–Crippen LogP) is 5.39. The molecule has 5 heteroatoms. The van der Waals surface area contributed by atoms with Gasteiger partial charge in [-0.1, -0.05) is 24.6 Å². The number of carbonyl (C=O) groups is 1. The molecule has 27 heavy (non-hydrogen) atoms. The van der Waals surface area contributed by atoms with Crippen molar-refractivity contribution in [1.82, 2.24) is 0 Å². The standard InChI is InChI=1S/C22H21NO4/c1-14-5-7-15(8-6-14)27-16-12-17(22(2)9-10-22)20(24)18(13-16)23-21(25)19-4-3-11-26-19/h3-8,11-13,24H,9-10H2,1-2H3,(H,23,25). The lowest BCUT2D eigenvalue weighted by atomic mass is 9.96. The van der Waals surface area contributed by atoms with E-state index in [0.717, 1.165) is 24.0 Å². The Bertz CT molecular complexity index is 970. The van der Waals surface area contributed by atoms with Crippen molar-refractivity contribution < 1.29 is 19.1 Å². The molecule has 0 saturated heterocycles. The van der Waals surface area contributed by atoms with E-state index in [2.05, 4.69) is 12.2 Å². The van der Waals surface area contributed by atoms with Gasteiger partial charge in [-0.25, -0.2) is 0 Å². The van der Waals surface area contributed by atoms with Crippen LogP contribution in [0.15, 0.2) is 59.2 Å². The van der Waals surface area contributed by atoms with Gasteiger partial charge in [0.2, 0.25) is 0 Å². The number of phenolic OH excluding ortho intramolecular Hbond substituents is 1. The summed E-state index contributed by atoms with van der Waals surface area (Å²) in [5, 5.41) is 13.5. The van der Waals surface area contributed by atoms with Gasteiger partial charge in [0, 0.05) is 11.6 Å². The largest absolute Gasteiger partial charge is 0.505 e. The molecular weight excluding hydrogens is 342 g/mol. The second kappa shape index (κ2) is 6.50. The Labute approximate surface area is 157 Å². The van der Waals surface area contributed by atoms with E-state index in [1.54, 1.807) is 18.2 Å². The molecule has 0 atom stereocenters. The first-order chi connectivity index (χ1) is 12.9. The SMILES string of the molecule is Cc1ccc(Oc2cc(NC(=O)c3ccco3)c(O)c(C3(C)CC3)c2)cc1. The zero-order valence-corrected chi connectivity index (χ0v) is 15.3. The number of rotatable bonds is 5. The zero-order chi connectivity index (χ0) is 19.0. The highest BCUT2D eigenvalue weighted by molar-refractivity contribution is 6.03. The molecule has 5 nitrogen and oxygen atoms in total. The minimum atomic E-state index is -0.422. The van der Waals surface area contributed by atoms with Crippen LogP contribution in [-0.2, 0) is 5.41 Å². The maximum absolute atomic E-state index is 12.4. The monoisotopic (exact) mass is 363 g/mol. The van der Waals surface area contributed by atoms with Crippen LogP contribution in [0.3, 0.4) is 0 Å². The number of aromatic hydroxyl groups is 1. The topological polar surface area (TPSA) is 71.7 Å². The Balaban J connectivity index is 1.69. The average molecular weight is 363 g/mol. The number of nitrogens with one attached hydrogen (secondary N) is 1. The van der Waals surface area contributed by atoms with Gasteiger partial charge in [0.15, 0.2) is 5.76 Å². The molecule has 0 spiro atoms. The molecule has 0 bridgehead atoms. The Morgan fingerprint density at radius 1 is 1.15 bits per heavy atom. The summed E-state index contributed by atoms with van der Waals surface area (Å²) in [6.45, 7) is 4.11. The molecule has 1 aliphatic rings. The summed E-state index contributed by atoms with van der Waals surface area (Å²) in [6, 6.07) is 14.4. The summed E-state index contributed by atoms with van der Waals surface area (Å²) in [7, 11) is 0. The predicted molar refractivity (Wildman–Crippen MR) is 103 cm³/mol. The van der Waals surface area contributed by atoms with E-state index in [1.807, 2.05) is 37.3 Å². The van der Waals surface area contributed by atoms with Crippen molar-refractivity contribution in [3.8, 4) is 17.2 Å². The first-order valence-electron chi connectivity index (χ1n) is 8.91. The van der Waals surface area contributed by atoms with Crippen LogP contribution in [0.5, 0.6) is 17.2 Å². The maximum atomic E-state index is 12.4. The maximum Gasteiger partial charge on any atom is 0.291 e. The van der Waals surface area contributed by atoms with Gasteiger partial charge < -0.3 is 19.6 Å². The summed E-state index contributed by atoms with van der Waals surface area (Å²) in [4.78, 5) is 12.4. The van der Waals surface area contributed by atoms with E-state index < -0.39 is 5.91 Å². The Hall–Kier alpha value is -3.21. The number of aryl methyl sites for hydroxylation is 1. The van der Waals surface area contributed by atoms with Crippen molar-refractivity contribution in [1.29, 1.82) is 0 Å². The first kappa shape index (κ1) is 17.2. The Morgan fingerprint density at radius 2 is 1.89 bits per heavy atom. The molecule has 138 valence electrons. The molecule has 2 N–H and O–H groups in total. The number of benzene rings is 2. The summed E-state index contributed by atoms with van der Waals surface area (Å²) < 4.78 is 11.1. The zero-order valence-electron chi connectivity index (χ0n) is 15.3. The van der Waals surface area contributed by atoms with Crippen molar-refractivity contribution in [2.45, 2.75) is 32.1 Å². The third kappa shape index (κ3) is 3.53. The van der Waals surface area contributed by atoms with Gasteiger partial charge >= 0.3 is 0 Å². The molecular formula is C22H21NO4. The Kier molecular flexibility index (Phi) is 4.15. The lowest BCUT2D eigenvalue weighted by molar-refractivity contribution is 0.0996. The summed E-state index contributed by atoms with van der Waals surface area (Å²) >= 11 is 0. The van der Waals surface area contributed by atoms with Gasteiger partial charge in [-0.2, -0.15) is 0 Å². The number of carbonyl (C=O) groups excluding carboxylic acids is 1. The molecule has 1 fully saturated rings. The molecule has 2 aromatic carbocycles. The van der Waals surface area contributed by atoms with Crippen LogP contribution < -0.4 is 10.1 Å². The van der Waals surface area contributed by atoms with E-state index in [0.29, 0.717) is 17.2 Å². The second-order valence-corrected chi connectivity index (χ2v) is 7.27. The van der Waals surface area contributed by atoms with Crippen LogP contribution in [0, 0.1) is 6.92 Å². The fraction of sp³-hybridized carbons (Fsp3) is 0.227. The first-order valence-corrected chi connectivity index (χ1v) is 8.91. The molecule has 1 aromatic heterocycles. The van der Waals surface area contributed by atoms with Crippen molar-refractivity contribution in [2.24, 2.45) is 0 Å². The van der Waals surface area contributed by atoms with Gasteiger partial charge in [-0.05, 0) is 55.5 Å². The van der Waals surface area contributed by atoms with Crippen LogP contribution >= 0.6 is 0 Å². The van der Waals surface area contributed by atoms with Gasteiger partial charge in [-0.3, -0.25) is 4.79 Å². The average Bonchev–Trinajstić information content (AvgIpc) is 3.17. The van der Waals surface area contributed by atoms with E-state index in [1.165, 1.54) is 6.26 Å². The minimum Gasteiger partial charge on any atom is -0.505 e. The molecule has 0 radical (unpaired) electrons. The highest BCUT2D eigenvalue weighted by atomic mass is 16.5. The molecule has 1 saturated carbocycles. The molecule has 1 heterocycles. The van der Waals surface area contributed by atoms with Crippen LogP contribution in [-0.4, -0.2) is 11.0 Å². The quantitative estimate of drug-likeness (QED) is 0.596. The van der Waals surface area contributed by atoms with Crippen LogP contribution in [0.4, 0.5) is 5.69 Å².